The van der Waals surface area contributed by atoms with Gasteiger partial charge in [0.2, 0.25) is 0 Å². The Kier molecular flexibility index (Phi) is 2.94. The Morgan fingerprint density at radius 2 is 2.41 bits per heavy atom. The first-order chi connectivity index (χ1) is 8.36. The van der Waals surface area contributed by atoms with Crippen LogP contribution in [0.4, 0.5) is 5.13 Å². The van der Waals surface area contributed by atoms with Crippen LogP contribution in [0.1, 0.15) is 27.4 Å². The number of carbonyl (C=O) groups is 1. The first-order valence-electron chi connectivity index (χ1n) is 5.57. The maximum Gasteiger partial charge on any atom is 0.186 e. The Hall–Kier alpha value is -1.20. The van der Waals surface area contributed by atoms with Crippen LogP contribution in [0.15, 0.2) is 23.7 Å². The molecule has 2 aromatic rings. The van der Waals surface area contributed by atoms with E-state index in [0.717, 1.165) is 18.0 Å². The molecule has 3 nitrogen and oxygen atoms in total. The van der Waals surface area contributed by atoms with Crippen LogP contribution in [0.2, 0.25) is 0 Å². The average molecular weight is 264 g/mol. The SMILES string of the molecule is O=Cc1cnc(N(Cc2cccs2)C2CC2)s1. The lowest BCUT2D eigenvalue weighted by molar-refractivity contribution is 0.112. The normalized spacial score (nSPS) is 14.8. The van der Waals surface area contributed by atoms with E-state index in [1.807, 2.05) is 0 Å². The van der Waals surface area contributed by atoms with Crippen molar-refractivity contribution in [1.82, 2.24) is 4.98 Å². The molecular weight excluding hydrogens is 252 g/mol. The molecule has 1 saturated carbocycles. The molecule has 0 aromatic carbocycles. The van der Waals surface area contributed by atoms with Crippen LogP contribution in [0, 0.1) is 0 Å². The maximum atomic E-state index is 10.7. The van der Waals surface area contributed by atoms with Gasteiger partial charge in [0.1, 0.15) is 0 Å². The van der Waals surface area contributed by atoms with Crippen molar-refractivity contribution >= 4 is 34.1 Å². The summed E-state index contributed by atoms with van der Waals surface area (Å²) in [6.45, 7) is 0.911. The fraction of sp³-hybridized carbons (Fsp3) is 0.333. The lowest BCUT2D eigenvalue weighted by Gasteiger charge is -2.20. The largest absolute Gasteiger partial charge is 0.340 e. The molecule has 0 amide bonds. The van der Waals surface area contributed by atoms with E-state index in [-0.39, 0.29) is 0 Å². The van der Waals surface area contributed by atoms with Gasteiger partial charge in [-0.3, -0.25) is 4.79 Å². The summed E-state index contributed by atoms with van der Waals surface area (Å²) >= 11 is 3.25. The zero-order valence-electron chi connectivity index (χ0n) is 9.20. The summed E-state index contributed by atoms with van der Waals surface area (Å²) < 4.78 is 0. The van der Waals surface area contributed by atoms with Gasteiger partial charge in [0, 0.05) is 10.9 Å². The second kappa shape index (κ2) is 4.58. The van der Waals surface area contributed by atoms with E-state index in [9.17, 15) is 4.79 Å². The number of aldehydes is 1. The quantitative estimate of drug-likeness (QED) is 0.778. The second-order valence-corrected chi connectivity index (χ2v) is 6.17. The molecular formula is C12H12N2OS2. The Bertz CT molecular complexity index is 502. The summed E-state index contributed by atoms with van der Waals surface area (Å²) in [5, 5.41) is 3.07. The summed E-state index contributed by atoms with van der Waals surface area (Å²) in [5.41, 5.74) is 0. The Balaban J connectivity index is 1.82. The first kappa shape index (κ1) is 10.9. The molecule has 2 aromatic heterocycles. The summed E-state index contributed by atoms with van der Waals surface area (Å²) in [7, 11) is 0. The standard InChI is InChI=1S/C12H12N2OS2/c15-8-11-6-13-12(17-11)14(9-3-4-9)7-10-2-1-5-16-10/h1-2,5-6,8-9H,3-4,7H2. The molecule has 0 saturated heterocycles. The van der Waals surface area contributed by atoms with Crippen molar-refractivity contribution < 1.29 is 4.79 Å². The highest BCUT2D eigenvalue weighted by molar-refractivity contribution is 7.17. The second-order valence-electron chi connectivity index (χ2n) is 4.10. The number of hydrogen-bond donors (Lipinski definition) is 0. The molecule has 1 fully saturated rings. The highest BCUT2D eigenvalue weighted by Gasteiger charge is 2.31. The van der Waals surface area contributed by atoms with Gasteiger partial charge in [-0.05, 0) is 24.3 Å². The van der Waals surface area contributed by atoms with Crippen LogP contribution >= 0.6 is 22.7 Å². The monoisotopic (exact) mass is 264 g/mol. The predicted molar refractivity (Wildman–Crippen MR) is 71.0 cm³/mol. The van der Waals surface area contributed by atoms with Crippen LogP contribution < -0.4 is 4.90 Å². The Morgan fingerprint density at radius 3 is 3.00 bits per heavy atom. The van der Waals surface area contributed by atoms with E-state index >= 15 is 0 Å². The summed E-state index contributed by atoms with van der Waals surface area (Å²) in [6.07, 6.45) is 5.01. The van der Waals surface area contributed by atoms with Crippen molar-refractivity contribution in [2.75, 3.05) is 4.90 Å². The van der Waals surface area contributed by atoms with Crippen LogP contribution in [-0.4, -0.2) is 17.3 Å². The number of carbonyl (C=O) groups excluding carboxylic acids is 1. The fourth-order valence-corrected chi connectivity index (χ4v) is 3.28. The Morgan fingerprint density at radius 1 is 1.53 bits per heavy atom. The van der Waals surface area contributed by atoms with Crippen molar-refractivity contribution in [2.45, 2.75) is 25.4 Å². The molecule has 0 spiro atoms. The van der Waals surface area contributed by atoms with Gasteiger partial charge in [-0.1, -0.05) is 17.4 Å². The van der Waals surface area contributed by atoms with Crippen LogP contribution in [0.3, 0.4) is 0 Å². The van der Waals surface area contributed by atoms with Crippen molar-refractivity contribution in [2.24, 2.45) is 0 Å². The van der Waals surface area contributed by atoms with Gasteiger partial charge >= 0.3 is 0 Å². The van der Waals surface area contributed by atoms with E-state index in [4.69, 9.17) is 0 Å². The molecule has 1 aliphatic rings. The van der Waals surface area contributed by atoms with Crippen LogP contribution in [-0.2, 0) is 6.54 Å². The molecule has 0 atom stereocenters. The van der Waals surface area contributed by atoms with Crippen molar-refractivity contribution in [3.63, 3.8) is 0 Å². The summed E-state index contributed by atoms with van der Waals surface area (Å²) in [4.78, 5) is 19.4. The van der Waals surface area contributed by atoms with E-state index in [1.54, 1.807) is 17.5 Å². The third-order valence-electron chi connectivity index (χ3n) is 2.77. The van der Waals surface area contributed by atoms with Gasteiger partial charge in [-0.2, -0.15) is 0 Å². The van der Waals surface area contributed by atoms with Gasteiger partial charge < -0.3 is 4.90 Å². The summed E-state index contributed by atoms with van der Waals surface area (Å²) in [5.74, 6) is 0. The number of thiazole rings is 1. The van der Waals surface area contributed by atoms with Crippen molar-refractivity contribution in [3.05, 3.63) is 33.5 Å². The number of thiophene rings is 1. The minimum Gasteiger partial charge on any atom is -0.340 e. The zero-order valence-corrected chi connectivity index (χ0v) is 10.8. The fourth-order valence-electron chi connectivity index (χ4n) is 1.77. The van der Waals surface area contributed by atoms with Gasteiger partial charge in [-0.15, -0.1) is 11.3 Å². The molecule has 0 unspecified atom stereocenters. The molecule has 0 bridgehead atoms. The van der Waals surface area contributed by atoms with Crippen LogP contribution in [0.25, 0.3) is 0 Å². The molecule has 3 rings (SSSR count). The molecule has 17 heavy (non-hydrogen) atoms. The number of nitrogens with zero attached hydrogens (tertiary/aromatic N) is 2. The van der Waals surface area contributed by atoms with Gasteiger partial charge in [0.15, 0.2) is 11.4 Å². The zero-order chi connectivity index (χ0) is 11.7. The molecule has 0 aliphatic heterocycles. The molecule has 5 heteroatoms. The number of aromatic nitrogens is 1. The molecule has 0 radical (unpaired) electrons. The van der Waals surface area contributed by atoms with E-state index in [0.29, 0.717) is 10.9 Å². The third-order valence-corrected chi connectivity index (χ3v) is 4.59. The van der Waals surface area contributed by atoms with Gasteiger partial charge in [0.25, 0.3) is 0 Å². The lowest BCUT2D eigenvalue weighted by Crippen LogP contribution is -2.24. The van der Waals surface area contributed by atoms with Crippen molar-refractivity contribution in [1.29, 1.82) is 0 Å². The highest BCUT2D eigenvalue weighted by Crippen LogP contribution is 2.35. The number of rotatable bonds is 5. The topological polar surface area (TPSA) is 33.2 Å². The molecule has 0 N–H and O–H groups in total. The third kappa shape index (κ3) is 2.40. The molecule has 2 heterocycles. The van der Waals surface area contributed by atoms with Gasteiger partial charge in [0.05, 0.1) is 17.6 Å². The van der Waals surface area contributed by atoms with E-state index in [1.165, 1.54) is 29.1 Å². The summed E-state index contributed by atoms with van der Waals surface area (Å²) in [6, 6.07) is 4.83. The number of anilines is 1. The maximum absolute atomic E-state index is 10.7. The Labute approximate surface area is 108 Å². The average Bonchev–Trinajstić information content (AvgIpc) is 2.88. The first-order valence-corrected chi connectivity index (χ1v) is 7.26. The number of hydrogen-bond acceptors (Lipinski definition) is 5. The van der Waals surface area contributed by atoms with E-state index < -0.39 is 0 Å². The predicted octanol–water partition coefficient (Wildman–Crippen LogP) is 3.19. The molecule has 1 aliphatic carbocycles. The minimum atomic E-state index is 0.614. The highest BCUT2D eigenvalue weighted by atomic mass is 32.1. The van der Waals surface area contributed by atoms with Gasteiger partial charge in [-0.25, -0.2) is 4.98 Å². The van der Waals surface area contributed by atoms with Crippen LogP contribution in [0.5, 0.6) is 0 Å². The lowest BCUT2D eigenvalue weighted by atomic mass is 10.4. The van der Waals surface area contributed by atoms with Crippen molar-refractivity contribution in [3.8, 4) is 0 Å². The smallest absolute Gasteiger partial charge is 0.186 e. The van der Waals surface area contributed by atoms with E-state index in [2.05, 4.69) is 27.4 Å². The molecule has 88 valence electrons. The minimum absolute atomic E-state index is 0.614.